The molecule has 0 amide bonds. The van der Waals surface area contributed by atoms with Crippen LogP contribution < -0.4 is 4.90 Å². The molecule has 1 aliphatic rings. The van der Waals surface area contributed by atoms with E-state index in [1.165, 1.54) is 25.8 Å². The van der Waals surface area contributed by atoms with Gasteiger partial charge in [-0.25, -0.2) is 4.98 Å². The minimum Gasteiger partial charge on any atom is -0.358 e. The van der Waals surface area contributed by atoms with Gasteiger partial charge < -0.3 is 9.80 Å². The third-order valence-electron chi connectivity index (χ3n) is 5.90. The van der Waals surface area contributed by atoms with E-state index in [0.717, 1.165) is 40.5 Å². The number of piperidine rings is 1. The molecule has 142 valence electrons. The fourth-order valence-corrected chi connectivity index (χ4v) is 4.03. The van der Waals surface area contributed by atoms with Gasteiger partial charge in [0.15, 0.2) is 5.65 Å². The van der Waals surface area contributed by atoms with Crippen LogP contribution in [-0.4, -0.2) is 52.7 Å². The first-order valence-electron chi connectivity index (χ1n) is 9.88. The molecule has 1 fully saturated rings. The van der Waals surface area contributed by atoms with Crippen molar-refractivity contribution < 1.29 is 0 Å². The van der Waals surface area contributed by atoms with Gasteiger partial charge in [0, 0.05) is 36.8 Å². The largest absolute Gasteiger partial charge is 0.358 e. The number of hydrogen-bond acceptors (Lipinski definition) is 4. The zero-order chi connectivity index (χ0) is 19.0. The van der Waals surface area contributed by atoms with Gasteiger partial charge in [0.25, 0.3) is 0 Å². The molecule has 1 aliphatic heterocycles. The molecule has 1 unspecified atom stereocenters. The Labute approximate surface area is 161 Å². The monoisotopic (exact) mass is 363 g/mol. The fourth-order valence-electron chi connectivity index (χ4n) is 4.03. The van der Waals surface area contributed by atoms with E-state index < -0.39 is 0 Å². The van der Waals surface area contributed by atoms with Crippen LogP contribution in [0.25, 0.3) is 16.9 Å². The molecule has 0 bridgehead atoms. The van der Waals surface area contributed by atoms with Crippen LogP contribution in [0.2, 0.25) is 0 Å². The zero-order valence-corrected chi connectivity index (χ0v) is 16.8. The fraction of sp³-hybridized carbons (Fsp3) is 0.455. The number of likely N-dealkylation sites (tertiary alicyclic amines) is 1. The summed E-state index contributed by atoms with van der Waals surface area (Å²) in [5, 5.41) is 4.78. The second-order valence-electron chi connectivity index (χ2n) is 7.82. The lowest BCUT2D eigenvalue weighted by Gasteiger charge is -2.35. The molecule has 0 N–H and O–H groups in total. The molecule has 5 heteroatoms. The van der Waals surface area contributed by atoms with E-state index in [2.05, 4.69) is 68.1 Å². The van der Waals surface area contributed by atoms with Gasteiger partial charge >= 0.3 is 0 Å². The van der Waals surface area contributed by atoms with Crippen molar-refractivity contribution in [3.63, 3.8) is 0 Å². The van der Waals surface area contributed by atoms with Crippen LogP contribution in [0, 0.1) is 13.8 Å². The Morgan fingerprint density at radius 1 is 1.15 bits per heavy atom. The molecule has 4 rings (SSSR count). The number of benzene rings is 1. The van der Waals surface area contributed by atoms with Gasteiger partial charge in [-0.2, -0.15) is 9.61 Å². The molecule has 0 aliphatic carbocycles. The van der Waals surface area contributed by atoms with Crippen LogP contribution >= 0.6 is 0 Å². The lowest BCUT2D eigenvalue weighted by Crippen LogP contribution is -2.44. The van der Waals surface area contributed by atoms with Crippen LogP contribution in [0.3, 0.4) is 0 Å². The molecule has 27 heavy (non-hydrogen) atoms. The van der Waals surface area contributed by atoms with Crippen molar-refractivity contribution in [1.29, 1.82) is 0 Å². The minimum atomic E-state index is 0.588. The first-order chi connectivity index (χ1) is 13.0. The molecule has 0 saturated carbocycles. The topological polar surface area (TPSA) is 36.7 Å². The lowest BCUT2D eigenvalue weighted by molar-refractivity contribution is 0.189. The number of aryl methyl sites for hydroxylation is 2. The number of hydrogen-bond donors (Lipinski definition) is 0. The Bertz CT molecular complexity index is 931. The van der Waals surface area contributed by atoms with Crippen molar-refractivity contribution >= 4 is 11.5 Å². The third kappa shape index (κ3) is 3.44. The third-order valence-corrected chi connectivity index (χ3v) is 5.90. The van der Waals surface area contributed by atoms with Gasteiger partial charge in [0.2, 0.25) is 0 Å². The summed E-state index contributed by atoms with van der Waals surface area (Å²) >= 11 is 0. The van der Waals surface area contributed by atoms with Gasteiger partial charge in [0.1, 0.15) is 5.82 Å². The van der Waals surface area contributed by atoms with E-state index in [0.29, 0.717) is 6.04 Å². The summed E-state index contributed by atoms with van der Waals surface area (Å²) in [7, 11) is 4.43. The highest BCUT2D eigenvalue weighted by molar-refractivity contribution is 5.68. The summed E-state index contributed by atoms with van der Waals surface area (Å²) in [6.45, 7) is 6.37. The van der Waals surface area contributed by atoms with Crippen LogP contribution in [0.4, 0.5) is 5.82 Å². The van der Waals surface area contributed by atoms with Crippen LogP contribution in [0.1, 0.15) is 30.5 Å². The Morgan fingerprint density at radius 3 is 2.67 bits per heavy atom. The number of rotatable bonds is 4. The number of fused-ring (bicyclic) bond motifs is 1. The van der Waals surface area contributed by atoms with E-state index in [1.54, 1.807) is 0 Å². The molecule has 1 aromatic carbocycles. The summed E-state index contributed by atoms with van der Waals surface area (Å²) < 4.78 is 2.01. The van der Waals surface area contributed by atoms with Crippen LogP contribution in [0.15, 0.2) is 36.4 Å². The smallest absolute Gasteiger partial charge is 0.161 e. The molecule has 1 atom stereocenters. The second kappa shape index (κ2) is 7.31. The standard InChI is InChI=1S/C22H29N5/c1-16-17(2)24-27-21(26(4)15-19-12-8-9-13-25(19)3)14-20(23-22(16)27)18-10-6-5-7-11-18/h5-7,10-11,14,19H,8-9,12-13,15H2,1-4H3. The molecular weight excluding hydrogens is 334 g/mol. The maximum Gasteiger partial charge on any atom is 0.161 e. The Kier molecular flexibility index (Phi) is 4.87. The van der Waals surface area contributed by atoms with Gasteiger partial charge in [-0.3, -0.25) is 0 Å². The number of anilines is 1. The molecule has 3 heterocycles. The van der Waals surface area contributed by atoms with E-state index in [1.807, 2.05) is 10.6 Å². The summed E-state index contributed by atoms with van der Waals surface area (Å²) in [4.78, 5) is 9.78. The highest BCUT2D eigenvalue weighted by Gasteiger charge is 2.22. The Morgan fingerprint density at radius 2 is 1.93 bits per heavy atom. The van der Waals surface area contributed by atoms with Crippen LogP contribution in [0.5, 0.6) is 0 Å². The first kappa shape index (κ1) is 18.0. The Hall–Kier alpha value is -2.40. The molecule has 2 aromatic heterocycles. The predicted octanol–water partition coefficient (Wildman–Crippen LogP) is 3.93. The van der Waals surface area contributed by atoms with Gasteiger partial charge in [0.05, 0.1) is 11.4 Å². The molecular formula is C22H29N5. The number of likely N-dealkylation sites (N-methyl/N-ethyl adjacent to an activating group) is 2. The summed E-state index contributed by atoms with van der Waals surface area (Å²) in [5.74, 6) is 1.11. The zero-order valence-electron chi connectivity index (χ0n) is 16.8. The van der Waals surface area contributed by atoms with E-state index in [4.69, 9.17) is 10.1 Å². The first-order valence-corrected chi connectivity index (χ1v) is 9.88. The summed E-state index contributed by atoms with van der Waals surface area (Å²) in [6.07, 6.45) is 3.90. The average Bonchev–Trinajstić information content (AvgIpc) is 2.98. The van der Waals surface area contributed by atoms with Gasteiger partial charge in [-0.1, -0.05) is 36.8 Å². The summed E-state index contributed by atoms with van der Waals surface area (Å²) in [5.41, 5.74) is 5.29. The maximum atomic E-state index is 4.93. The van der Waals surface area contributed by atoms with Crippen LogP contribution in [-0.2, 0) is 0 Å². The minimum absolute atomic E-state index is 0.588. The van der Waals surface area contributed by atoms with E-state index >= 15 is 0 Å². The highest BCUT2D eigenvalue weighted by Crippen LogP contribution is 2.27. The molecule has 1 saturated heterocycles. The average molecular weight is 364 g/mol. The Balaban J connectivity index is 1.77. The number of aromatic nitrogens is 3. The van der Waals surface area contributed by atoms with Gasteiger partial charge in [-0.15, -0.1) is 0 Å². The molecule has 5 nitrogen and oxygen atoms in total. The molecule has 3 aromatic rings. The number of nitrogens with zero attached hydrogens (tertiary/aromatic N) is 5. The predicted molar refractivity (Wildman–Crippen MR) is 111 cm³/mol. The normalized spacial score (nSPS) is 18.1. The van der Waals surface area contributed by atoms with Crippen molar-refractivity contribution in [3.8, 4) is 11.3 Å². The van der Waals surface area contributed by atoms with Crippen molar-refractivity contribution in [2.45, 2.75) is 39.2 Å². The van der Waals surface area contributed by atoms with Crippen molar-refractivity contribution in [2.24, 2.45) is 0 Å². The van der Waals surface area contributed by atoms with Crippen molar-refractivity contribution in [3.05, 3.63) is 47.7 Å². The van der Waals surface area contributed by atoms with Crippen molar-refractivity contribution in [1.82, 2.24) is 19.5 Å². The highest BCUT2D eigenvalue weighted by atomic mass is 15.4. The summed E-state index contributed by atoms with van der Waals surface area (Å²) in [6, 6.07) is 13.2. The van der Waals surface area contributed by atoms with Gasteiger partial charge in [-0.05, 0) is 40.3 Å². The SMILES string of the molecule is Cc1nn2c(N(C)CC3CCCCN3C)cc(-c3ccccc3)nc2c1C. The van der Waals surface area contributed by atoms with E-state index in [9.17, 15) is 0 Å². The molecule has 0 spiro atoms. The molecule has 0 radical (unpaired) electrons. The second-order valence-corrected chi connectivity index (χ2v) is 7.82. The lowest BCUT2D eigenvalue weighted by atomic mass is 10.0. The van der Waals surface area contributed by atoms with E-state index in [-0.39, 0.29) is 0 Å². The maximum absolute atomic E-state index is 4.93. The quantitative estimate of drug-likeness (QED) is 0.704. The van der Waals surface area contributed by atoms with Crippen molar-refractivity contribution in [2.75, 3.05) is 32.1 Å².